The first-order valence-electron chi connectivity index (χ1n) is 9.99. The summed E-state index contributed by atoms with van der Waals surface area (Å²) in [5.41, 5.74) is 6.74. The molecule has 1 aromatic heterocycles. The van der Waals surface area contributed by atoms with Crippen LogP contribution in [0.3, 0.4) is 0 Å². The van der Waals surface area contributed by atoms with E-state index >= 15 is 0 Å². The maximum Gasteiger partial charge on any atom is 0.338 e. The van der Waals surface area contributed by atoms with Gasteiger partial charge in [-0.15, -0.1) is 0 Å². The van der Waals surface area contributed by atoms with Crippen LogP contribution in [0.5, 0.6) is 0 Å². The Balaban J connectivity index is 1.42. The van der Waals surface area contributed by atoms with Crippen LogP contribution < -0.4 is 5.32 Å². The second kappa shape index (κ2) is 8.44. The summed E-state index contributed by atoms with van der Waals surface area (Å²) in [4.78, 5) is 32.4. The molecule has 0 unspecified atom stereocenters. The molecule has 4 aromatic rings. The molecule has 2 N–H and O–H groups in total. The van der Waals surface area contributed by atoms with Crippen LogP contribution in [0.2, 0.25) is 0 Å². The van der Waals surface area contributed by atoms with Crippen LogP contribution in [0, 0.1) is 20.8 Å². The maximum atomic E-state index is 12.4. The van der Waals surface area contributed by atoms with Crippen molar-refractivity contribution in [3.8, 4) is 11.4 Å². The number of nitrogens with one attached hydrogen (secondary N) is 2. The number of esters is 1. The van der Waals surface area contributed by atoms with Gasteiger partial charge in [-0.3, -0.25) is 4.79 Å². The van der Waals surface area contributed by atoms with Gasteiger partial charge in [-0.1, -0.05) is 35.9 Å². The van der Waals surface area contributed by atoms with Crippen LogP contribution >= 0.6 is 0 Å². The van der Waals surface area contributed by atoms with E-state index in [0.29, 0.717) is 11.3 Å². The zero-order chi connectivity index (χ0) is 22.0. The summed E-state index contributed by atoms with van der Waals surface area (Å²) in [5.74, 6) is -0.222. The third-order valence-corrected chi connectivity index (χ3v) is 4.88. The number of anilines is 1. The van der Waals surface area contributed by atoms with Crippen LogP contribution in [0.25, 0.3) is 22.4 Å². The Kier molecular flexibility index (Phi) is 5.54. The lowest BCUT2D eigenvalue weighted by Gasteiger charge is -2.08. The molecule has 6 heteroatoms. The summed E-state index contributed by atoms with van der Waals surface area (Å²) >= 11 is 0. The molecule has 3 aromatic carbocycles. The van der Waals surface area contributed by atoms with Crippen molar-refractivity contribution in [1.29, 1.82) is 0 Å². The number of H-pyrrole nitrogens is 1. The fourth-order valence-corrected chi connectivity index (χ4v) is 3.44. The summed E-state index contributed by atoms with van der Waals surface area (Å²) in [6.45, 7) is 5.58. The molecule has 0 aliphatic heterocycles. The Morgan fingerprint density at radius 3 is 2.32 bits per heavy atom. The Bertz CT molecular complexity index is 1250. The van der Waals surface area contributed by atoms with Crippen molar-refractivity contribution in [3.05, 3.63) is 82.9 Å². The third kappa shape index (κ3) is 4.80. The molecule has 156 valence electrons. The average molecular weight is 413 g/mol. The third-order valence-electron chi connectivity index (χ3n) is 4.88. The number of amides is 1. The van der Waals surface area contributed by atoms with E-state index in [1.807, 2.05) is 63.2 Å². The van der Waals surface area contributed by atoms with Gasteiger partial charge in [-0.25, -0.2) is 9.78 Å². The first kappa shape index (κ1) is 20.3. The van der Waals surface area contributed by atoms with Gasteiger partial charge in [0.15, 0.2) is 6.61 Å². The van der Waals surface area contributed by atoms with Crippen molar-refractivity contribution >= 4 is 28.6 Å². The van der Waals surface area contributed by atoms with Crippen LogP contribution in [-0.2, 0) is 9.53 Å². The standard InChI is InChI=1S/C25H23N3O3/c1-15-4-6-18(7-5-15)24-27-21-9-8-19(13-22(21)28-24)25(30)31-14-23(29)26-20-11-16(2)10-17(3)12-20/h4-13H,14H2,1-3H3,(H,26,29)(H,27,28). The van der Waals surface area contributed by atoms with Crippen LogP contribution in [0.15, 0.2) is 60.7 Å². The highest BCUT2D eigenvalue weighted by Gasteiger charge is 2.13. The highest BCUT2D eigenvalue weighted by Crippen LogP contribution is 2.22. The van der Waals surface area contributed by atoms with Crippen LogP contribution in [-0.4, -0.2) is 28.5 Å². The summed E-state index contributed by atoms with van der Waals surface area (Å²) in [7, 11) is 0. The van der Waals surface area contributed by atoms with Crippen molar-refractivity contribution in [3.63, 3.8) is 0 Å². The highest BCUT2D eigenvalue weighted by molar-refractivity contribution is 5.97. The summed E-state index contributed by atoms with van der Waals surface area (Å²) in [5, 5.41) is 2.75. The largest absolute Gasteiger partial charge is 0.452 e. The van der Waals surface area contributed by atoms with Crippen molar-refractivity contribution in [1.82, 2.24) is 9.97 Å². The summed E-state index contributed by atoms with van der Waals surface area (Å²) in [6, 6.07) is 18.9. The first-order chi connectivity index (χ1) is 14.9. The molecule has 0 radical (unpaired) electrons. The monoisotopic (exact) mass is 413 g/mol. The maximum absolute atomic E-state index is 12.4. The number of nitrogens with zero attached hydrogens (tertiary/aromatic N) is 1. The number of rotatable bonds is 5. The number of carbonyl (C=O) groups is 2. The number of aryl methyl sites for hydroxylation is 3. The van der Waals surface area contributed by atoms with Crippen molar-refractivity contribution < 1.29 is 14.3 Å². The molecule has 1 heterocycles. The Morgan fingerprint density at radius 2 is 1.61 bits per heavy atom. The fourth-order valence-electron chi connectivity index (χ4n) is 3.44. The minimum absolute atomic E-state index is 0.353. The lowest BCUT2D eigenvalue weighted by Crippen LogP contribution is -2.21. The summed E-state index contributed by atoms with van der Waals surface area (Å²) in [6.07, 6.45) is 0. The zero-order valence-corrected chi connectivity index (χ0v) is 17.7. The number of hydrogen-bond acceptors (Lipinski definition) is 4. The molecule has 0 saturated heterocycles. The van der Waals surface area contributed by atoms with E-state index in [1.54, 1.807) is 18.2 Å². The van der Waals surface area contributed by atoms with Crippen molar-refractivity contribution in [2.24, 2.45) is 0 Å². The SMILES string of the molecule is Cc1ccc(-c2nc3ccc(C(=O)OCC(=O)Nc4cc(C)cc(C)c4)cc3[nH]2)cc1. The quantitative estimate of drug-likeness (QED) is 0.454. The molecule has 6 nitrogen and oxygen atoms in total. The molecule has 1 amide bonds. The number of aromatic nitrogens is 2. The van der Waals surface area contributed by atoms with Crippen LogP contribution in [0.4, 0.5) is 5.69 Å². The second-order valence-electron chi connectivity index (χ2n) is 7.68. The van der Waals surface area contributed by atoms with E-state index in [9.17, 15) is 9.59 Å². The van der Waals surface area contributed by atoms with Gasteiger partial charge >= 0.3 is 5.97 Å². The molecule has 0 spiro atoms. The molecular formula is C25H23N3O3. The minimum atomic E-state index is -0.566. The van der Waals surface area contributed by atoms with Crippen molar-refractivity contribution in [2.75, 3.05) is 11.9 Å². The van der Waals surface area contributed by atoms with Gasteiger partial charge in [0.05, 0.1) is 16.6 Å². The molecule has 4 rings (SSSR count). The minimum Gasteiger partial charge on any atom is -0.452 e. The summed E-state index contributed by atoms with van der Waals surface area (Å²) < 4.78 is 5.19. The second-order valence-corrected chi connectivity index (χ2v) is 7.68. The number of fused-ring (bicyclic) bond motifs is 1. The smallest absolute Gasteiger partial charge is 0.338 e. The molecule has 0 saturated carbocycles. The highest BCUT2D eigenvalue weighted by atomic mass is 16.5. The first-order valence-corrected chi connectivity index (χ1v) is 9.99. The van der Waals surface area contributed by atoms with E-state index in [4.69, 9.17) is 4.74 Å². The van der Waals surface area contributed by atoms with Gasteiger partial charge in [0.2, 0.25) is 0 Å². The van der Waals surface area contributed by atoms with E-state index in [1.165, 1.54) is 5.56 Å². The van der Waals surface area contributed by atoms with Crippen LogP contribution in [0.1, 0.15) is 27.0 Å². The zero-order valence-electron chi connectivity index (χ0n) is 17.7. The molecule has 0 atom stereocenters. The molecule has 0 fully saturated rings. The molecule has 0 aliphatic rings. The van der Waals surface area contributed by atoms with Gasteiger partial charge in [-0.2, -0.15) is 0 Å². The molecule has 0 bridgehead atoms. The number of ether oxygens (including phenoxy) is 1. The van der Waals surface area contributed by atoms with Gasteiger partial charge in [0.25, 0.3) is 5.91 Å². The number of carbonyl (C=O) groups excluding carboxylic acids is 2. The van der Waals surface area contributed by atoms with Crippen molar-refractivity contribution in [2.45, 2.75) is 20.8 Å². The van der Waals surface area contributed by atoms with Gasteiger partial charge < -0.3 is 15.0 Å². The Labute approximate surface area is 180 Å². The normalized spacial score (nSPS) is 10.8. The molecular weight excluding hydrogens is 390 g/mol. The van der Waals surface area contributed by atoms with Gasteiger partial charge in [-0.05, 0) is 62.2 Å². The lowest BCUT2D eigenvalue weighted by molar-refractivity contribution is -0.119. The topological polar surface area (TPSA) is 84.1 Å². The van der Waals surface area contributed by atoms with E-state index in [-0.39, 0.29) is 12.5 Å². The number of benzene rings is 3. The van der Waals surface area contributed by atoms with Gasteiger partial charge in [0.1, 0.15) is 5.82 Å². The lowest BCUT2D eigenvalue weighted by atomic mass is 10.1. The predicted molar refractivity (Wildman–Crippen MR) is 121 cm³/mol. The number of aromatic amines is 1. The Morgan fingerprint density at radius 1 is 0.903 bits per heavy atom. The molecule has 31 heavy (non-hydrogen) atoms. The van der Waals surface area contributed by atoms with E-state index in [0.717, 1.165) is 33.5 Å². The predicted octanol–water partition coefficient (Wildman–Crippen LogP) is 4.95. The fraction of sp³-hybridized carbons (Fsp3) is 0.160. The van der Waals surface area contributed by atoms with E-state index < -0.39 is 5.97 Å². The van der Waals surface area contributed by atoms with Gasteiger partial charge in [0, 0.05) is 11.3 Å². The van der Waals surface area contributed by atoms with E-state index in [2.05, 4.69) is 15.3 Å². The average Bonchev–Trinajstić information content (AvgIpc) is 3.15. The Hall–Kier alpha value is -3.93. The number of hydrogen-bond donors (Lipinski definition) is 2. The number of imidazole rings is 1. The molecule has 0 aliphatic carbocycles.